The van der Waals surface area contributed by atoms with Crippen molar-refractivity contribution in [2.24, 2.45) is 0 Å². The Bertz CT molecular complexity index is 2400. The van der Waals surface area contributed by atoms with E-state index in [-0.39, 0.29) is 0 Å². The van der Waals surface area contributed by atoms with E-state index in [0.717, 1.165) is 76.1 Å². The van der Waals surface area contributed by atoms with E-state index in [1.807, 2.05) is 84.9 Å². The van der Waals surface area contributed by atoms with Crippen molar-refractivity contribution in [3.63, 3.8) is 0 Å². The predicted molar refractivity (Wildman–Crippen MR) is 199 cm³/mol. The molecule has 0 radical (unpaired) electrons. The molecule has 8 aromatic rings. The molecule has 216 valence electrons. The minimum Gasteiger partial charge on any atom is -0.0837 e. The second-order valence-corrected chi connectivity index (χ2v) is 12.7. The van der Waals surface area contributed by atoms with E-state index in [1.54, 1.807) is 0 Å². The molecule has 0 aliphatic carbocycles. The fraction of sp³-hybridized carbons (Fsp3) is 0. The van der Waals surface area contributed by atoms with Crippen LogP contribution in [0.4, 0.5) is 0 Å². The third kappa shape index (κ3) is 4.84. The van der Waals surface area contributed by atoms with Crippen molar-refractivity contribution in [3.05, 3.63) is 164 Å². The Morgan fingerprint density at radius 3 is 1.00 bits per heavy atom. The molecule has 0 spiro atoms. The zero-order chi connectivity index (χ0) is 31.4. The van der Waals surface area contributed by atoms with Gasteiger partial charge >= 0.3 is 0 Å². The van der Waals surface area contributed by atoms with Gasteiger partial charge in [-0.1, -0.05) is 143 Å². The lowest BCUT2D eigenvalue weighted by atomic mass is 9.95. The topological polar surface area (TPSA) is 0 Å². The standard InChI is InChI=1S/C42H20Cl4/c43-38-15-3-11-28-32(29-12-4-16-39(44)35(29)23-34(28)38)21-19-26-9-1-7-25-8-2-10-27(42(25)26)20-22-33-30-13-5-17-40(45)36(30)24-37-31(33)14-6-18-41(37)46/h1-18,23-24H. The van der Waals surface area contributed by atoms with Gasteiger partial charge < -0.3 is 0 Å². The first-order valence-corrected chi connectivity index (χ1v) is 16.1. The molecule has 8 rings (SSSR count). The van der Waals surface area contributed by atoms with Gasteiger partial charge in [0.2, 0.25) is 0 Å². The van der Waals surface area contributed by atoms with E-state index in [2.05, 4.69) is 60.1 Å². The molecule has 0 heterocycles. The number of rotatable bonds is 0. The first kappa shape index (κ1) is 28.8. The molecule has 0 nitrogen and oxygen atoms in total. The molecule has 0 unspecified atom stereocenters. The number of halogens is 4. The molecule has 0 saturated heterocycles. The van der Waals surface area contributed by atoms with E-state index in [4.69, 9.17) is 46.4 Å². The van der Waals surface area contributed by atoms with Crippen molar-refractivity contribution < 1.29 is 0 Å². The molecule has 0 fully saturated rings. The van der Waals surface area contributed by atoms with Crippen LogP contribution in [0.15, 0.2) is 121 Å². The third-order valence-corrected chi connectivity index (χ3v) is 9.73. The van der Waals surface area contributed by atoms with Crippen LogP contribution in [0.2, 0.25) is 20.1 Å². The lowest BCUT2D eigenvalue weighted by Gasteiger charge is -2.10. The summed E-state index contributed by atoms with van der Waals surface area (Å²) in [6, 6.07) is 40.0. The SMILES string of the molecule is Clc1cccc2c(C#Cc3cccc4cccc(C#Cc5c6cccc(Cl)c6cc6c(Cl)cccc56)c34)c3cccc(Cl)c3cc12. The van der Waals surface area contributed by atoms with Gasteiger partial charge in [0.05, 0.1) is 0 Å². The van der Waals surface area contributed by atoms with Gasteiger partial charge in [0.1, 0.15) is 0 Å². The molecular weight excluding hydrogens is 646 g/mol. The maximum atomic E-state index is 6.65. The molecule has 0 saturated carbocycles. The van der Waals surface area contributed by atoms with Crippen molar-refractivity contribution in [2.75, 3.05) is 0 Å². The molecule has 0 N–H and O–H groups in total. The first-order valence-electron chi connectivity index (χ1n) is 14.6. The van der Waals surface area contributed by atoms with Gasteiger partial charge in [-0.15, -0.1) is 0 Å². The van der Waals surface area contributed by atoms with Gasteiger partial charge in [-0.2, -0.15) is 0 Å². The first-order chi connectivity index (χ1) is 22.5. The van der Waals surface area contributed by atoms with E-state index in [0.29, 0.717) is 20.1 Å². The van der Waals surface area contributed by atoms with Gasteiger partial charge in [-0.25, -0.2) is 0 Å². The van der Waals surface area contributed by atoms with Crippen molar-refractivity contribution in [3.8, 4) is 23.7 Å². The summed E-state index contributed by atoms with van der Waals surface area (Å²) in [5, 5.41) is 12.3. The zero-order valence-corrected chi connectivity index (χ0v) is 27.1. The fourth-order valence-corrected chi connectivity index (χ4v) is 7.18. The normalized spacial score (nSPS) is 11.1. The number of hydrogen-bond donors (Lipinski definition) is 0. The van der Waals surface area contributed by atoms with Gasteiger partial charge in [-0.05, 0) is 75.5 Å². The highest BCUT2D eigenvalue weighted by Gasteiger charge is 2.13. The Morgan fingerprint density at radius 2 is 0.652 bits per heavy atom. The van der Waals surface area contributed by atoms with Crippen LogP contribution >= 0.6 is 46.4 Å². The molecule has 0 bridgehead atoms. The number of hydrogen-bond acceptors (Lipinski definition) is 0. The summed E-state index contributed by atoms with van der Waals surface area (Å²) < 4.78 is 0. The summed E-state index contributed by atoms with van der Waals surface area (Å²) >= 11 is 26.6. The largest absolute Gasteiger partial charge is 0.0837 e. The summed E-state index contributed by atoms with van der Waals surface area (Å²) in [7, 11) is 0. The number of fused-ring (bicyclic) bond motifs is 5. The van der Waals surface area contributed by atoms with Crippen LogP contribution in [0, 0.1) is 23.7 Å². The highest BCUT2D eigenvalue weighted by atomic mass is 35.5. The molecule has 8 aromatic carbocycles. The van der Waals surface area contributed by atoms with Gasteiger partial charge in [-0.3, -0.25) is 0 Å². The van der Waals surface area contributed by atoms with E-state index in [1.165, 1.54) is 0 Å². The van der Waals surface area contributed by atoms with E-state index in [9.17, 15) is 0 Å². The molecule has 46 heavy (non-hydrogen) atoms. The molecular formula is C42H20Cl4. The maximum absolute atomic E-state index is 6.65. The highest BCUT2D eigenvalue weighted by Crippen LogP contribution is 2.37. The third-order valence-electron chi connectivity index (χ3n) is 8.42. The Kier molecular flexibility index (Phi) is 7.26. The van der Waals surface area contributed by atoms with E-state index >= 15 is 0 Å². The van der Waals surface area contributed by atoms with E-state index < -0.39 is 0 Å². The lowest BCUT2D eigenvalue weighted by Crippen LogP contribution is -1.89. The fourth-order valence-electron chi connectivity index (χ4n) is 6.26. The van der Waals surface area contributed by atoms with Crippen LogP contribution < -0.4 is 0 Å². The highest BCUT2D eigenvalue weighted by molar-refractivity contribution is 6.39. The van der Waals surface area contributed by atoms with Gasteiger partial charge in [0.15, 0.2) is 0 Å². The average molecular weight is 666 g/mol. The van der Waals surface area contributed by atoms with Gasteiger partial charge in [0.25, 0.3) is 0 Å². The van der Waals surface area contributed by atoms with Crippen molar-refractivity contribution in [1.82, 2.24) is 0 Å². The smallest absolute Gasteiger partial charge is 0.0485 e. The average Bonchev–Trinajstić information content (AvgIpc) is 3.06. The molecule has 4 heteroatoms. The summed E-state index contributed by atoms with van der Waals surface area (Å²) in [5.41, 5.74) is 3.53. The molecule has 0 amide bonds. The Balaban J connectivity index is 1.36. The van der Waals surface area contributed by atoms with Crippen LogP contribution in [0.1, 0.15) is 22.3 Å². The van der Waals surface area contributed by atoms with Crippen LogP contribution in [0.25, 0.3) is 53.9 Å². The van der Waals surface area contributed by atoms with Gasteiger partial charge in [0, 0.05) is 69.3 Å². The predicted octanol–water partition coefficient (Wildman–Crippen LogP) is 12.9. The second-order valence-electron chi connectivity index (χ2n) is 11.1. The van der Waals surface area contributed by atoms with Crippen molar-refractivity contribution >= 4 is 100 Å². The van der Waals surface area contributed by atoms with Crippen LogP contribution in [-0.2, 0) is 0 Å². The summed E-state index contributed by atoms with van der Waals surface area (Å²) in [5.74, 6) is 14.0. The molecule has 0 aliphatic heterocycles. The number of benzene rings is 8. The van der Waals surface area contributed by atoms with Crippen LogP contribution in [0.5, 0.6) is 0 Å². The Labute approximate surface area is 286 Å². The minimum absolute atomic E-state index is 0.661. The monoisotopic (exact) mass is 664 g/mol. The molecule has 0 aromatic heterocycles. The van der Waals surface area contributed by atoms with Crippen molar-refractivity contribution in [2.45, 2.75) is 0 Å². The van der Waals surface area contributed by atoms with Crippen molar-refractivity contribution in [1.29, 1.82) is 0 Å². The zero-order valence-electron chi connectivity index (χ0n) is 24.1. The lowest BCUT2D eigenvalue weighted by molar-refractivity contribution is 1.66. The van der Waals surface area contributed by atoms with Crippen LogP contribution in [0.3, 0.4) is 0 Å². The summed E-state index contributed by atoms with van der Waals surface area (Å²) in [4.78, 5) is 0. The maximum Gasteiger partial charge on any atom is 0.0485 e. The summed E-state index contributed by atoms with van der Waals surface area (Å²) in [6.45, 7) is 0. The Hall–Kier alpha value is -4.66. The second kappa shape index (κ2) is 11.6. The Morgan fingerprint density at radius 1 is 0.326 bits per heavy atom. The minimum atomic E-state index is 0.661. The molecule has 0 atom stereocenters. The summed E-state index contributed by atoms with van der Waals surface area (Å²) in [6.07, 6.45) is 0. The quantitative estimate of drug-likeness (QED) is 0.112. The van der Waals surface area contributed by atoms with Crippen LogP contribution in [-0.4, -0.2) is 0 Å². The molecule has 0 aliphatic rings.